The van der Waals surface area contributed by atoms with Crippen molar-refractivity contribution in [3.63, 3.8) is 0 Å². The summed E-state index contributed by atoms with van der Waals surface area (Å²) in [6, 6.07) is 10.1. The van der Waals surface area contributed by atoms with Crippen LogP contribution in [0.1, 0.15) is 5.56 Å². The monoisotopic (exact) mass is 506 g/mol. The molecule has 1 nitrogen and oxygen atoms in total. The fourth-order valence-electron chi connectivity index (χ4n) is 2.05. The van der Waals surface area contributed by atoms with Gasteiger partial charge in [0, 0.05) is 10.9 Å². The van der Waals surface area contributed by atoms with Gasteiger partial charge in [0.2, 0.25) is 8.13 Å². The number of halogens is 9. The third kappa shape index (κ3) is 3.35. The third-order valence-electron chi connectivity index (χ3n) is 3.38. The zero-order valence-corrected chi connectivity index (χ0v) is 18.1. The van der Waals surface area contributed by atoms with Gasteiger partial charge >= 0.3 is 0 Å². The minimum Gasteiger partial charge on any atom is -0.507 e. The van der Waals surface area contributed by atoms with E-state index in [0.717, 1.165) is 5.39 Å². The van der Waals surface area contributed by atoms with Crippen LogP contribution in [-0.4, -0.2) is 17.6 Å². The van der Waals surface area contributed by atoms with Crippen LogP contribution in [0.5, 0.6) is 5.75 Å². The molecule has 2 aromatic carbocycles. The Hall–Kier alpha value is 1.11. The van der Waals surface area contributed by atoms with E-state index in [1.54, 1.807) is 30.3 Å². The summed E-state index contributed by atoms with van der Waals surface area (Å²) in [5.74, 6) is -0.253. The highest BCUT2D eigenvalue weighted by Crippen LogP contribution is 2.66. The highest BCUT2D eigenvalue weighted by Gasteiger charge is 2.69. The molecule has 0 fully saturated rings. The lowest BCUT2D eigenvalue weighted by atomic mass is 9.99. The van der Waals surface area contributed by atoms with E-state index in [0.29, 0.717) is 5.39 Å². The van der Waals surface area contributed by atoms with E-state index in [-0.39, 0.29) is 11.3 Å². The van der Waals surface area contributed by atoms with Crippen molar-refractivity contribution in [1.82, 2.24) is 0 Å². The first-order chi connectivity index (χ1) is 10.7. The molecule has 0 unspecified atom stereocenters. The van der Waals surface area contributed by atoms with Crippen LogP contribution in [0.3, 0.4) is 0 Å². The Morgan fingerprint density at radius 2 is 1.21 bits per heavy atom. The van der Waals surface area contributed by atoms with Crippen LogP contribution in [0, 0.1) is 0 Å². The second-order valence-corrected chi connectivity index (χ2v) is 11.2. The lowest BCUT2D eigenvalue weighted by Gasteiger charge is -2.44. The van der Waals surface area contributed by atoms with Crippen LogP contribution >= 0.6 is 104 Å². The molecule has 0 heterocycles. The summed E-state index contributed by atoms with van der Waals surface area (Å²) in [5.41, 5.74) is -0.0468. The maximum Gasteiger partial charge on any atom is 0.226 e. The zero-order chi connectivity index (χ0) is 18.6. The van der Waals surface area contributed by atoms with E-state index in [1.807, 2.05) is 0 Å². The maximum absolute atomic E-state index is 10.5. The van der Waals surface area contributed by atoms with Gasteiger partial charge in [0.05, 0.1) is 0 Å². The van der Waals surface area contributed by atoms with Gasteiger partial charge in [-0.1, -0.05) is 141 Å². The lowest BCUT2D eigenvalue weighted by molar-refractivity contribution is 0.465. The van der Waals surface area contributed by atoms with Gasteiger partial charge in [0.25, 0.3) is 0 Å². The first-order valence-corrected chi connectivity index (χ1v) is 9.56. The molecule has 0 saturated heterocycles. The van der Waals surface area contributed by atoms with E-state index < -0.39 is 16.8 Å². The third-order valence-corrected chi connectivity index (χ3v) is 8.83. The van der Waals surface area contributed by atoms with E-state index in [1.165, 1.54) is 6.07 Å². The highest BCUT2D eigenvalue weighted by atomic mass is 35.6. The predicted octanol–water partition coefficient (Wildman–Crippen LogP) is 7.89. The second kappa shape index (κ2) is 6.93. The molecule has 0 saturated carbocycles. The average Bonchev–Trinajstić information content (AvgIpc) is 2.46. The van der Waals surface area contributed by atoms with Crippen LogP contribution < -0.4 is 0 Å². The fraction of sp³-hybridized carbons (Fsp3) is 0.286. The molecular weight excluding hydrogens is 503 g/mol. The number of fused-ring (bicyclic) bond motifs is 1. The smallest absolute Gasteiger partial charge is 0.226 e. The largest absolute Gasteiger partial charge is 0.507 e. The molecule has 132 valence electrons. The second-order valence-electron chi connectivity index (χ2n) is 4.90. The first-order valence-electron chi connectivity index (χ1n) is 6.16. The summed E-state index contributed by atoms with van der Waals surface area (Å²) in [7, 11) is 0. The number of rotatable bonds is 3. The Bertz CT molecular complexity index is 764. The first kappa shape index (κ1) is 21.4. The van der Waals surface area contributed by atoms with Crippen molar-refractivity contribution in [3.05, 3.63) is 42.0 Å². The molecule has 0 aliphatic heterocycles. The summed E-state index contributed by atoms with van der Waals surface area (Å²) in [5, 5.41) is 11.7. The maximum atomic E-state index is 10.5. The van der Waals surface area contributed by atoms with E-state index in [9.17, 15) is 5.11 Å². The summed E-state index contributed by atoms with van der Waals surface area (Å²) in [4.78, 5) is 0. The molecule has 2 aromatic rings. The number of phenolic OH excluding ortho intramolecular Hbond substituents is 1. The van der Waals surface area contributed by atoms with Gasteiger partial charge in [-0.15, -0.1) is 0 Å². The summed E-state index contributed by atoms with van der Waals surface area (Å²) in [6.07, 6.45) is 0. The Labute approximate surface area is 183 Å². The van der Waals surface area contributed by atoms with Crippen molar-refractivity contribution < 1.29 is 5.11 Å². The molecule has 0 amide bonds. The van der Waals surface area contributed by atoms with E-state index >= 15 is 0 Å². The number of hydrogen-bond acceptors (Lipinski definition) is 1. The number of alkyl halides is 9. The summed E-state index contributed by atoms with van der Waals surface area (Å²) < 4.78 is -9.40. The molecule has 0 bridgehead atoms. The molecule has 0 aliphatic rings. The van der Waals surface area contributed by atoms with Crippen molar-refractivity contribution in [2.24, 2.45) is 0 Å². The van der Waals surface area contributed by atoms with Crippen molar-refractivity contribution in [2.75, 3.05) is 0 Å². The molecule has 1 N–H and O–H groups in total. The van der Waals surface area contributed by atoms with E-state index in [2.05, 4.69) is 0 Å². The SMILES string of the molecule is Oc1c(C(Cl)(Cl)C(Cl)(Cl)C(Cl)(Cl)C(Cl)(Cl)Cl)ccc2ccccc12. The molecule has 24 heavy (non-hydrogen) atoms. The Kier molecular flexibility index (Phi) is 6.18. The molecule has 0 radical (unpaired) electrons. The van der Waals surface area contributed by atoms with Crippen LogP contribution in [0.15, 0.2) is 36.4 Å². The minimum absolute atomic E-state index is 0.0468. The number of hydrogen-bond donors (Lipinski definition) is 1. The molecule has 0 atom stereocenters. The molecule has 0 aromatic heterocycles. The molecule has 2 rings (SSSR count). The topological polar surface area (TPSA) is 20.2 Å². The van der Waals surface area contributed by atoms with Crippen molar-refractivity contribution >= 4 is 115 Å². The van der Waals surface area contributed by atoms with Gasteiger partial charge in [0.15, 0.2) is 8.67 Å². The van der Waals surface area contributed by atoms with Gasteiger partial charge < -0.3 is 5.11 Å². The highest BCUT2D eigenvalue weighted by molar-refractivity contribution is 6.80. The predicted molar refractivity (Wildman–Crippen MR) is 108 cm³/mol. The van der Waals surface area contributed by atoms with Crippen LogP contribution in [0.25, 0.3) is 10.8 Å². The van der Waals surface area contributed by atoms with Crippen molar-refractivity contribution in [1.29, 1.82) is 0 Å². The summed E-state index contributed by atoms with van der Waals surface area (Å²) >= 11 is 54.6. The Morgan fingerprint density at radius 3 is 1.75 bits per heavy atom. The van der Waals surface area contributed by atoms with Crippen LogP contribution in [0.2, 0.25) is 0 Å². The quantitative estimate of drug-likeness (QED) is 0.417. The summed E-state index contributed by atoms with van der Waals surface area (Å²) in [6.45, 7) is 0. The minimum atomic E-state index is -2.42. The Morgan fingerprint density at radius 1 is 0.667 bits per heavy atom. The van der Waals surface area contributed by atoms with Crippen LogP contribution in [-0.2, 0) is 4.33 Å². The number of benzene rings is 2. The standard InChI is InChI=1S/C14H7Cl9O/c15-11(16,12(17,18)13(19,20)14(21,22)23)9-6-5-7-3-1-2-4-8(7)10(9)24/h1-6,24H. The van der Waals surface area contributed by atoms with Crippen molar-refractivity contribution in [3.8, 4) is 5.75 Å². The Balaban J connectivity index is 2.68. The molecule has 0 spiro atoms. The number of phenols is 1. The molecular formula is C14H7Cl9O. The zero-order valence-electron chi connectivity index (χ0n) is 11.3. The van der Waals surface area contributed by atoms with Gasteiger partial charge in [-0.05, 0) is 5.39 Å². The molecule has 10 heteroatoms. The normalized spacial score (nSPS) is 14.2. The van der Waals surface area contributed by atoms with Gasteiger partial charge in [0.1, 0.15) is 5.75 Å². The van der Waals surface area contributed by atoms with Gasteiger partial charge in [-0.2, -0.15) is 0 Å². The van der Waals surface area contributed by atoms with Crippen LogP contribution in [0.4, 0.5) is 0 Å². The molecule has 0 aliphatic carbocycles. The van der Waals surface area contributed by atoms with Gasteiger partial charge in [-0.25, -0.2) is 0 Å². The van der Waals surface area contributed by atoms with Crippen molar-refractivity contribution in [2.45, 2.75) is 16.8 Å². The average molecular weight is 510 g/mol. The fourth-order valence-corrected chi connectivity index (χ4v) is 4.32. The number of aromatic hydroxyl groups is 1. The lowest BCUT2D eigenvalue weighted by Crippen LogP contribution is -2.54. The van der Waals surface area contributed by atoms with E-state index in [4.69, 9.17) is 104 Å². The van der Waals surface area contributed by atoms with Gasteiger partial charge in [-0.3, -0.25) is 0 Å².